The first-order valence-corrected chi connectivity index (χ1v) is 7.45. The van der Waals surface area contributed by atoms with Gasteiger partial charge < -0.3 is 20.4 Å². The molecule has 2 rings (SSSR count). The molecule has 1 heterocycles. The van der Waals surface area contributed by atoms with Crippen LogP contribution in [0.1, 0.15) is 32.1 Å². The average molecular weight is 284 g/mol. The number of carboxylic acid groups (broad SMARTS) is 1. The second-order valence-corrected chi connectivity index (χ2v) is 5.96. The summed E-state index contributed by atoms with van der Waals surface area (Å²) < 4.78 is 0. The molecule has 0 bridgehead atoms. The fraction of sp³-hybridized carbons (Fsp3) is 0.857. The number of carboxylic acids is 1. The fourth-order valence-electron chi connectivity index (χ4n) is 3.10. The van der Waals surface area contributed by atoms with Crippen LogP contribution < -0.4 is 5.32 Å². The van der Waals surface area contributed by atoms with Gasteiger partial charge in [0.15, 0.2) is 0 Å². The van der Waals surface area contributed by atoms with E-state index < -0.39 is 5.97 Å². The lowest BCUT2D eigenvalue weighted by atomic mass is 9.97. The summed E-state index contributed by atoms with van der Waals surface area (Å²) in [6.07, 6.45) is 3.64. The maximum Gasteiger partial charge on any atom is 0.306 e. The molecule has 2 atom stereocenters. The highest BCUT2D eigenvalue weighted by atomic mass is 16.4. The predicted molar refractivity (Wildman–Crippen MR) is 73.2 cm³/mol. The zero-order valence-corrected chi connectivity index (χ0v) is 11.8. The van der Waals surface area contributed by atoms with Crippen LogP contribution >= 0.6 is 0 Å². The number of aliphatic hydroxyl groups excluding tert-OH is 1. The van der Waals surface area contributed by atoms with E-state index in [1.54, 1.807) is 4.90 Å². The maximum atomic E-state index is 12.0. The molecule has 0 aromatic heterocycles. The van der Waals surface area contributed by atoms with Crippen molar-refractivity contribution < 1.29 is 19.8 Å². The van der Waals surface area contributed by atoms with Crippen LogP contribution in [0.25, 0.3) is 0 Å². The van der Waals surface area contributed by atoms with Crippen molar-refractivity contribution in [2.45, 2.75) is 38.2 Å². The zero-order valence-electron chi connectivity index (χ0n) is 11.8. The van der Waals surface area contributed by atoms with Gasteiger partial charge in [-0.1, -0.05) is 0 Å². The van der Waals surface area contributed by atoms with Crippen molar-refractivity contribution >= 4 is 11.9 Å². The lowest BCUT2D eigenvalue weighted by Crippen LogP contribution is -2.44. The molecular formula is C14H24N2O4. The Morgan fingerprint density at radius 2 is 1.85 bits per heavy atom. The highest BCUT2D eigenvalue weighted by Crippen LogP contribution is 2.24. The van der Waals surface area contributed by atoms with Crippen LogP contribution in [0.15, 0.2) is 0 Å². The summed E-state index contributed by atoms with van der Waals surface area (Å²) in [6.45, 7) is 2.16. The Balaban J connectivity index is 1.62. The first kappa shape index (κ1) is 15.3. The van der Waals surface area contributed by atoms with Crippen LogP contribution in [0.3, 0.4) is 0 Å². The van der Waals surface area contributed by atoms with Gasteiger partial charge in [-0.25, -0.2) is 0 Å². The van der Waals surface area contributed by atoms with Crippen LogP contribution in [0.2, 0.25) is 0 Å². The van der Waals surface area contributed by atoms with E-state index in [1.807, 2.05) is 0 Å². The third kappa shape index (κ3) is 4.18. The number of hydrogen-bond acceptors (Lipinski definition) is 4. The highest BCUT2D eigenvalue weighted by molar-refractivity contribution is 5.78. The van der Waals surface area contributed by atoms with Crippen molar-refractivity contribution in [3.63, 3.8) is 0 Å². The molecule has 6 heteroatoms. The van der Waals surface area contributed by atoms with Gasteiger partial charge in [0.25, 0.3) is 0 Å². The Bertz CT molecular complexity index is 353. The number of aliphatic carboxylic acids is 1. The van der Waals surface area contributed by atoms with Crippen LogP contribution in [0.4, 0.5) is 0 Å². The van der Waals surface area contributed by atoms with Crippen molar-refractivity contribution in [3.8, 4) is 0 Å². The van der Waals surface area contributed by atoms with Gasteiger partial charge in [0.1, 0.15) is 0 Å². The molecule has 2 fully saturated rings. The summed E-state index contributed by atoms with van der Waals surface area (Å²) in [6, 6.07) is 0. The SMILES string of the molecule is O=C(O)C1CCN(C(=O)CNCC2CCC(O)C2)CC1. The van der Waals surface area contributed by atoms with Crippen LogP contribution in [0.5, 0.6) is 0 Å². The standard InChI is InChI=1S/C14H24N2O4/c17-12-2-1-10(7-12)8-15-9-13(18)16-5-3-11(4-6-16)14(19)20/h10-12,15,17H,1-9H2,(H,19,20). The molecular weight excluding hydrogens is 260 g/mol. The molecule has 0 spiro atoms. The predicted octanol–water partition coefficient (Wildman–Crippen LogP) is 0.0602. The van der Waals surface area contributed by atoms with Gasteiger partial charge in [0.2, 0.25) is 5.91 Å². The van der Waals surface area contributed by atoms with Gasteiger partial charge in [0, 0.05) is 13.1 Å². The summed E-state index contributed by atoms with van der Waals surface area (Å²) in [5.41, 5.74) is 0. The quantitative estimate of drug-likeness (QED) is 0.664. The fourth-order valence-corrected chi connectivity index (χ4v) is 3.10. The van der Waals surface area contributed by atoms with E-state index in [1.165, 1.54) is 0 Å². The number of nitrogens with one attached hydrogen (secondary N) is 1. The molecule has 114 valence electrons. The number of nitrogens with zero attached hydrogens (tertiary/aromatic N) is 1. The molecule has 1 aliphatic carbocycles. The van der Waals surface area contributed by atoms with Crippen molar-refractivity contribution in [1.29, 1.82) is 0 Å². The monoisotopic (exact) mass is 284 g/mol. The van der Waals surface area contributed by atoms with Gasteiger partial charge in [-0.3, -0.25) is 9.59 Å². The van der Waals surface area contributed by atoms with Crippen molar-refractivity contribution in [2.24, 2.45) is 11.8 Å². The van der Waals surface area contributed by atoms with Gasteiger partial charge in [0.05, 0.1) is 18.6 Å². The Labute approximate surface area is 119 Å². The minimum absolute atomic E-state index is 0.0485. The Kier molecular flexibility index (Phi) is 5.37. The van der Waals surface area contributed by atoms with Gasteiger partial charge >= 0.3 is 5.97 Å². The van der Waals surface area contributed by atoms with E-state index in [9.17, 15) is 14.7 Å². The molecule has 6 nitrogen and oxygen atoms in total. The topological polar surface area (TPSA) is 89.9 Å². The van der Waals surface area contributed by atoms with E-state index in [2.05, 4.69) is 5.32 Å². The number of carbonyl (C=O) groups excluding carboxylic acids is 1. The molecule has 0 aromatic rings. The molecule has 1 saturated heterocycles. The van der Waals surface area contributed by atoms with Crippen molar-refractivity contribution in [2.75, 3.05) is 26.2 Å². The number of carbonyl (C=O) groups is 2. The second-order valence-electron chi connectivity index (χ2n) is 5.96. The molecule has 0 aromatic carbocycles. The first-order valence-electron chi connectivity index (χ1n) is 7.45. The van der Waals surface area contributed by atoms with Crippen molar-refractivity contribution in [1.82, 2.24) is 10.2 Å². The number of rotatable bonds is 5. The molecule has 1 saturated carbocycles. The van der Waals surface area contributed by atoms with E-state index in [-0.39, 0.29) is 17.9 Å². The number of likely N-dealkylation sites (tertiary alicyclic amines) is 1. The Morgan fingerprint density at radius 3 is 2.40 bits per heavy atom. The third-order valence-corrected chi connectivity index (χ3v) is 4.42. The molecule has 1 amide bonds. The summed E-state index contributed by atoms with van der Waals surface area (Å²) in [5.74, 6) is -0.537. The summed E-state index contributed by atoms with van der Waals surface area (Å²) >= 11 is 0. The summed E-state index contributed by atoms with van der Waals surface area (Å²) in [5, 5.41) is 21.5. The zero-order chi connectivity index (χ0) is 14.5. The Hall–Kier alpha value is -1.14. The normalized spacial score (nSPS) is 27.8. The Morgan fingerprint density at radius 1 is 1.15 bits per heavy atom. The lowest BCUT2D eigenvalue weighted by molar-refractivity contribution is -0.145. The van der Waals surface area contributed by atoms with Crippen LogP contribution in [-0.4, -0.2) is 59.3 Å². The number of piperidine rings is 1. The minimum atomic E-state index is -0.755. The highest BCUT2D eigenvalue weighted by Gasteiger charge is 2.27. The largest absolute Gasteiger partial charge is 0.481 e. The van der Waals surface area contributed by atoms with Gasteiger partial charge in [-0.05, 0) is 44.6 Å². The molecule has 0 radical (unpaired) electrons. The van der Waals surface area contributed by atoms with E-state index in [0.29, 0.717) is 38.4 Å². The first-order chi connectivity index (χ1) is 9.56. The molecule has 1 aliphatic heterocycles. The molecule has 2 unspecified atom stereocenters. The van der Waals surface area contributed by atoms with E-state index in [4.69, 9.17) is 5.11 Å². The molecule has 3 N–H and O–H groups in total. The second kappa shape index (κ2) is 7.04. The maximum absolute atomic E-state index is 12.0. The third-order valence-electron chi connectivity index (χ3n) is 4.42. The van der Waals surface area contributed by atoms with E-state index >= 15 is 0 Å². The number of aliphatic hydroxyl groups is 1. The number of hydrogen-bond donors (Lipinski definition) is 3. The van der Waals surface area contributed by atoms with Gasteiger partial charge in [-0.2, -0.15) is 0 Å². The number of amides is 1. The van der Waals surface area contributed by atoms with Gasteiger partial charge in [-0.15, -0.1) is 0 Å². The average Bonchev–Trinajstić information content (AvgIpc) is 2.84. The molecule has 2 aliphatic rings. The molecule has 20 heavy (non-hydrogen) atoms. The smallest absolute Gasteiger partial charge is 0.306 e. The summed E-state index contributed by atoms with van der Waals surface area (Å²) in [7, 11) is 0. The van der Waals surface area contributed by atoms with E-state index in [0.717, 1.165) is 25.8 Å². The van der Waals surface area contributed by atoms with Crippen LogP contribution in [-0.2, 0) is 9.59 Å². The lowest BCUT2D eigenvalue weighted by Gasteiger charge is -2.30. The summed E-state index contributed by atoms with van der Waals surface area (Å²) in [4.78, 5) is 24.6. The van der Waals surface area contributed by atoms with Crippen molar-refractivity contribution in [3.05, 3.63) is 0 Å². The van der Waals surface area contributed by atoms with Crippen LogP contribution in [0, 0.1) is 11.8 Å². The minimum Gasteiger partial charge on any atom is -0.481 e.